The maximum atomic E-state index is 14.3. The standard InChI is InChI=1S/C30H44BrN3O5/c1-17(2)13-19(15-35)34-24(26(37)33-29(6,7)16-28(3,4)5)30-14-20(31)23(39-30)21(22(30)27(34)38)25(36)32-18-11-9-8-10-12-18/h8-12,17,19-24,35H,13-16H2,1-7H3,(H,32,36)(H,33,37)/t19-,20?,21-,22+,23-,24?,30?/m1/s1. The van der Waals surface area contributed by atoms with Crippen molar-refractivity contribution in [2.75, 3.05) is 11.9 Å². The number of nitrogens with zero attached hydrogens (tertiary/aromatic N) is 1. The van der Waals surface area contributed by atoms with Gasteiger partial charge in [0.2, 0.25) is 17.7 Å². The molecule has 2 bridgehead atoms. The van der Waals surface area contributed by atoms with Gasteiger partial charge in [0.15, 0.2) is 0 Å². The van der Waals surface area contributed by atoms with Gasteiger partial charge in [-0.25, -0.2) is 0 Å². The van der Waals surface area contributed by atoms with Gasteiger partial charge in [-0.2, -0.15) is 0 Å². The summed E-state index contributed by atoms with van der Waals surface area (Å²) in [5, 5.41) is 16.6. The van der Waals surface area contributed by atoms with E-state index in [9.17, 15) is 19.5 Å². The van der Waals surface area contributed by atoms with Crippen LogP contribution in [0.5, 0.6) is 0 Å². The molecule has 1 aromatic carbocycles. The number of carbonyl (C=O) groups is 3. The molecule has 3 aliphatic heterocycles. The highest BCUT2D eigenvalue weighted by molar-refractivity contribution is 9.09. The summed E-state index contributed by atoms with van der Waals surface area (Å²) < 4.78 is 6.60. The first-order valence-corrected chi connectivity index (χ1v) is 14.9. The second-order valence-corrected chi connectivity index (χ2v) is 15.0. The van der Waals surface area contributed by atoms with Gasteiger partial charge in [0.1, 0.15) is 11.6 Å². The Morgan fingerprint density at radius 3 is 2.36 bits per heavy atom. The zero-order valence-corrected chi connectivity index (χ0v) is 25.7. The Morgan fingerprint density at radius 1 is 1.15 bits per heavy atom. The number of para-hydroxylation sites is 1. The van der Waals surface area contributed by atoms with E-state index in [1.54, 1.807) is 17.0 Å². The van der Waals surface area contributed by atoms with E-state index in [2.05, 4.69) is 47.3 Å². The van der Waals surface area contributed by atoms with Gasteiger partial charge in [0, 0.05) is 16.1 Å². The number of ether oxygens (including phenoxy) is 1. The summed E-state index contributed by atoms with van der Waals surface area (Å²) in [6, 6.07) is 7.62. The summed E-state index contributed by atoms with van der Waals surface area (Å²) in [6.07, 6.45) is 1.14. The van der Waals surface area contributed by atoms with Crippen molar-refractivity contribution in [2.24, 2.45) is 23.2 Å². The molecule has 3 unspecified atom stereocenters. The van der Waals surface area contributed by atoms with Crippen molar-refractivity contribution in [1.29, 1.82) is 0 Å². The third-order valence-corrected chi connectivity index (χ3v) is 8.95. The Labute approximate surface area is 240 Å². The number of hydrogen-bond donors (Lipinski definition) is 3. The maximum Gasteiger partial charge on any atom is 0.246 e. The maximum absolute atomic E-state index is 14.3. The number of carbonyl (C=O) groups excluding carboxylic acids is 3. The van der Waals surface area contributed by atoms with Crippen LogP contribution < -0.4 is 10.6 Å². The van der Waals surface area contributed by atoms with E-state index in [1.165, 1.54) is 0 Å². The lowest BCUT2D eigenvalue weighted by Crippen LogP contribution is -2.61. The molecule has 3 N–H and O–H groups in total. The predicted molar refractivity (Wildman–Crippen MR) is 154 cm³/mol. The molecule has 3 saturated heterocycles. The quantitative estimate of drug-likeness (QED) is 0.367. The normalized spacial score (nSPS) is 31.0. The Bertz CT molecular complexity index is 1090. The summed E-state index contributed by atoms with van der Waals surface area (Å²) in [4.78, 5) is 43.6. The summed E-state index contributed by atoms with van der Waals surface area (Å²) in [7, 11) is 0. The number of amides is 3. The molecule has 0 saturated carbocycles. The van der Waals surface area contributed by atoms with Gasteiger partial charge in [-0.3, -0.25) is 14.4 Å². The van der Waals surface area contributed by atoms with Crippen molar-refractivity contribution in [3.63, 3.8) is 0 Å². The molecule has 9 heteroatoms. The zero-order valence-electron chi connectivity index (χ0n) is 24.2. The van der Waals surface area contributed by atoms with Crippen molar-refractivity contribution in [2.45, 2.75) is 102 Å². The summed E-state index contributed by atoms with van der Waals surface area (Å²) in [5.41, 5.74) is -1.10. The van der Waals surface area contributed by atoms with E-state index in [4.69, 9.17) is 4.74 Å². The number of alkyl halides is 1. The lowest BCUT2D eigenvalue weighted by Gasteiger charge is -2.40. The molecular formula is C30H44BrN3O5. The second kappa shape index (κ2) is 10.8. The van der Waals surface area contributed by atoms with Gasteiger partial charge in [-0.05, 0) is 56.6 Å². The van der Waals surface area contributed by atoms with Crippen molar-refractivity contribution in [3.05, 3.63) is 30.3 Å². The fraction of sp³-hybridized carbons (Fsp3) is 0.700. The highest BCUT2D eigenvalue weighted by Crippen LogP contribution is 2.60. The molecule has 3 fully saturated rings. The number of aliphatic hydroxyl groups is 1. The molecule has 8 nitrogen and oxygen atoms in total. The van der Waals surface area contributed by atoms with Crippen LogP contribution in [0.25, 0.3) is 0 Å². The number of hydrogen-bond acceptors (Lipinski definition) is 5. The SMILES string of the molecule is CC(C)C[C@H](CO)N1C(=O)[C@@H]2[C@@H](C(=O)Nc3ccccc3)[C@@H]3OC2(CC3Br)C1C(=O)NC(C)(C)CC(C)(C)C. The molecule has 7 atom stereocenters. The topological polar surface area (TPSA) is 108 Å². The third-order valence-electron chi connectivity index (χ3n) is 8.10. The Kier molecular flexibility index (Phi) is 8.30. The summed E-state index contributed by atoms with van der Waals surface area (Å²) in [6.45, 7) is 14.1. The first-order valence-electron chi connectivity index (χ1n) is 14.0. The number of fused-ring (bicyclic) bond motifs is 1. The molecule has 3 heterocycles. The van der Waals surface area contributed by atoms with Gasteiger partial charge in [0.05, 0.1) is 30.6 Å². The van der Waals surface area contributed by atoms with Crippen LogP contribution in [0.15, 0.2) is 30.3 Å². The van der Waals surface area contributed by atoms with Gasteiger partial charge in [-0.1, -0.05) is 68.7 Å². The van der Waals surface area contributed by atoms with Crippen LogP contribution in [-0.4, -0.2) is 68.5 Å². The minimum absolute atomic E-state index is 0.0298. The number of likely N-dealkylation sites (tertiary alicyclic amines) is 1. The molecule has 1 aromatic rings. The minimum atomic E-state index is -1.17. The third kappa shape index (κ3) is 5.77. The lowest BCUT2D eigenvalue weighted by atomic mass is 9.70. The molecule has 3 amide bonds. The van der Waals surface area contributed by atoms with Crippen LogP contribution >= 0.6 is 15.9 Å². The van der Waals surface area contributed by atoms with Crippen LogP contribution in [0.3, 0.4) is 0 Å². The Hall–Kier alpha value is -1.97. The zero-order chi connectivity index (χ0) is 28.9. The van der Waals surface area contributed by atoms with Crippen LogP contribution in [-0.2, 0) is 19.1 Å². The predicted octanol–water partition coefficient (Wildman–Crippen LogP) is 4.11. The van der Waals surface area contributed by atoms with E-state index in [0.717, 1.165) is 6.42 Å². The van der Waals surface area contributed by atoms with Crippen LogP contribution in [0.1, 0.15) is 67.7 Å². The fourth-order valence-electron chi connectivity index (χ4n) is 7.40. The van der Waals surface area contributed by atoms with E-state index < -0.39 is 41.2 Å². The smallest absolute Gasteiger partial charge is 0.246 e. The van der Waals surface area contributed by atoms with E-state index in [0.29, 0.717) is 18.5 Å². The van der Waals surface area contributed by atoms with Gasteiger partial charge < -0.3 is 25.4 Å². The molecule has 39 heavy (non-hydrogen) atoms. The molecule has 216 valence electrons. The Morgan fingerprint density at radius 2 is 1.79 bits per heavy atom. The van der Waals surface area contributed by atoms with Crippen LogP contribution in [0, 0.1) is 23.2 Å². The molecule has 0 aromatic heterocycles. The molecule has 4 rings (SSSR count). The van der Waals surface area contributed by atoms with Crippen LogP contribution in [0.4, 0.5) is 5.69 Å². The van der Waals surface area contributed by atoms with E-state index >= 15 is 0 Å². The first-order chi connectivity index (χ1) is 18.1. The number of rotatable bonds is 9. The van der Waals surface area contributed by atoms with Crippen molar-refractivity contribution in [3.8, 4) is 0 Å². The average Bonchev–Trinajstić information content (AvgIpc) is 3.39. The highest BCUT2D eigenvalue weighted by Gasteiger charge is 2.77. The number of benzene rings is 1. The summed E-state index contributed by atoms with van der Waals surface area (Å²) >= 11 is 3.72. The largest absolute Gasteiger partial charge is 0.394 e. The highest BCUT2D eigenvalue weighted by atomic mass is 79.9. The van der Waals surface area contributed by atoms with Gasteiger partial charge in [-0.15, -0.1) is 0 Å². The number of halogens is 1. The fourth-order valence-corrected chi connectivity index (χ4v) is 8.34. The van der Waals surface area contributed by atoms with Crippen LogP contribution in [0.2, 0.25) is 0 Å². The number of aliphatic hydroxyl groups excluding tert-OH is 1. The van der Waals surface area contributed by atoms with Gasteiger partial charge >= 0.3 is 0 Å². The average molecular weight is 607 g/mol. The van der Waals surface area contributed by atoms with Crippen molar-refractivity contribution >= 4 is 39.3 Å². The van der Waals surface area contributed by atoms with E-state index in [-0.39, 0.29) is 40.5 Å². The van der Waals surface area contributed by atoms with Crippen molar-refractivity contribution in [1.82, 2.24) is 10.2 Å². The molecular weight excluding hydrogens is 562 g/mol. The summed E-state index contributed by atoms with van der Waals surface area (Å²) in [5.74, 6) is -2.29. The minimum Gasteiger partial charge on any atom is -0.394 e. The number of anilines is 1. The Balaban J connectivity index is 1.74. The monoisotopic (exact) mass is 605 g/mol. The molecule has 0 radical (unpaired) electrons. The number of nitrogens with one attached hydrogen (secondary N) is 2. The molecule has 1 spiro atoms. The van der Waals surface area contributed by atoms with Crippen molar-refractivity contribution < 1.29 is 24.2 Å². The lowest BCUT2D eigenvalue weighted by molar-refractivity contribution is -0.146. The first kappa shape index (κ1) is 30.0. The molecule has 3 aliphatic rings. The molecule has 0 aliphatic carbocycles. The second-order valence-electron chi connectivity index (χ2n) is 13.8. The van der Waals surface area contributed by atoms with E-state index in [1.807, 2.05) is 45.9 Å². The van der Waals surface area contributed by atoms with Gasteiger partial charge in [0.25, 0.3) is 0 Å².